The number of carbonyl (C=O) groups is 1. The lowest BCUT2D eigenvalue weighted by molar-refractivity contribution is -0.138. The number of benzene rings is 3. The number of carbonyl (C=O) groups excluding carboxylic acids is 1. The van der Waals surface area contributed by atoms with Crippen molar-refractivity contribution in [3.05, 3.63) is 84.1 Å². The highest BCUT2D eigenvalue weighted by atomic mass is 32.2. The van der Waals surface area contributed by atoms with Crippen LogP contribution >= 0.6 is 11.8 Å². The molecule has 0 heterocycles. The summed E-state index contributed by atoms with van der Waals surface area (Å²) in [4.78, 5) is 17.5. The Morgan fingerprint density at radius 1 is 1.03 bits per heavy atom. The summed E-state index contributed by atoms with van der Waals surface area (Å²) < 4.78 is 50.2. The van der Waals surface area contributed by atoms with Gasteiger partial charge in [-0.3, -0.25) is 0 Å². The Kier molecular flexibility index (Phi) is 8.72. The predicted molar refractivity (Wildman–Crippen MR) is 142 cm³/mol. The van der Waals surface area contributed by atoms with E-state index in [1.165, 1.54) is 51.2 Å². The number of nitrogens with two attached hydrogens (primary N) is 1. The second kappa shape index (κ2) is 11.7. The molecule has 2 amide bonds. The third-order valence-electron chi connectivity index (χ3n) is 5.10. The van der Waals surface area contributed by atoms with Crippen molar-refractivity contribution in [2.45, 2.75) is 18.0 Å². The van der Waals surface area contributed by atoms with Crippen LogP contribution in [0.1, 0.15) is 16.7 Å². The van der Waals surface area contributed by atoms with Gasteiger partial charge in [0.25, 0.3) is 0 Å². The summed E-state index contributed by atoms with van der Waals surface area (Å²) in [5.41, 5.74) is 6.92. The van der Waals surface area contributed by atoms with Gasteiger partial charge in [0, 0.05) is 39.8 Å². The van der Waals surface area contributed by atoms with Gasteiger partial charge in [-0.05, 0) is 48.9 Å². The van der Waals surface area contributed by atoms with Gasteiger partial charge in [0.2, 0.25) is 0 Å². The van der Waals surface area contributed by atoms with Gasteiger partial charge in [0.1, 0.15) is 5.04 Å². The number of aliphatic imine (C=N–C) groups is 1. The van der Waals surface area contributed by atoms with Crippen molar-refractivity contribution >= 4 is 39.9 Å². The Bertz CT molecular complexity index is 1340. The van der Waals surface area contributed by atoms with Crippen molar-refractivity contribution in [3.63, 3.8) is 0 Å². The monoisotopic (exact) mass is 530 g/mol. The first-order chi connectivity index (χ1) is 17.5. The van der Waals surface area contributed by atoms with Gasteiger partial charge in [0.05, 0.1) is 19.8 Å². The van der Waals surface area contributed by atoms with Crippen molar-refractivity contribution in [1.29, 1.82) is 0 Å². The molecule has 0 saturated heterocycles. The van der Waals surface area contributed by atoms with E-state index in [1.54, 1.807) is 36.4 Å². The number of nitrogen functional groups attached to an aromatic ring is 1. The number of rotatable bonds is 7. The van der Waals surface area contributed by atoms with Crippen molar-refractivity contribution in [1.82, 2.24) is 0 Å². The molecule has 0 bridgehead atoms. The maximum Gasteiger partial charge on any atom is 0.416 e. The van der Waals surface area contributed by atoms with Crippen LogP contribution in [-0.2, 0) is 6.18 Å². The van der Waals surface area contributed by atoms with Crippen LogP contribution in [0.15, 0.2) is 77.3 Å². The van der Waals surface area contributed by atoms with Gasteiger partial charge < -0.3 is 25.8 Å². The minimum Gasteiger partial charge on any atom is -0.493 e. The molecule has 0 fully saturated rings. The number of hydrogen-bond acceptors (Lipinski definition) is 6. The Hall–Kier alpha value is -4.12. The van der Waals surface area contributed by atoms with Gasteiger partial charge in [0.15, 0.2) is 11.5 Å². The van der Waals surface area contributed by atoms with Crippen LogP contribution in [0.5, 0.6) is 11.5 Å². The molecule has 11 heteroatoms. The van der Waals surface area contributed by atoms with E-state index in [4.69, 9.17) is 15.2 Å². The molecule has 3 aromatic rings. The number of nitrogens with one attached hydrogen (secondary N) is 2. The lowest BCUT2D eigenvalue weighted by atomic mass is 10.1. The molecule has 0 aromatic heterocycles. The normalized spacial score (nSPS) is 11.6. The minimum absolute atomic E-state index is 0.0188. The number of halogens is 3. The van der Waals surface area contributed by atoms with Gasteiger partial charge in [-0.2, -0.15) is 13.2 Å². The quantitative estimate of drug-likeness (QED) is 0.133. The number of anilines is 3. The molecule has 37 heavy (non-hydrogen) atoms. The average molecular weight is 531 g/mol. The molecule has 7 nitrogen and oxygen atoms in total. The zero-order valence-corrected chi connectivity index (χ0v) is 21.1. The number of nitrogens with zero attached hydrogens (tertiary/aromatic N) is 1. The predicted octanol–water partition coefficient (Wildman–Crippen LogP) is 6.94. The highest BCUT2D eigenvalue weighted by Gasteiger charge is 2.32. The molecule has 4 N–H and O–H groups in total. The lowest BCUT2D eigenvalue weighted by Crippen LogP contribution is -2.20. The first-order valence-corrected chi connectivity index (χ1v) is 11.6. The fraction of sp³-hybridized carbons (Fsp3) is 0.154. The van der Waals surface area contributed by atoms with E-state index in [0.29, 0.717) is 38.4 Å². The van der Waals surface area contributed by atoms with E-state index in [-0.39, 0.29) is 11.3 Å². The Labute approximate surface area is 216 Å². The molecule has 0 spiro atoms. The lowest BCUT2D eigenvalue weighted by Gasteiger charge is -2.15. The molecule has 0 aliphatic carbocycles. The van der Waals surface area contributed by atoms with Crippen molar-refractivity contribution < 1.29 is 27.4 Å². The highest BCUT2D eigenvalue weighted by molar-refractivity contribution is 8.14. The minimum atomic E-state index is -4.52. The first-order valence-electron chi connectivity index (χ1n) is 10.8. The Morgan fingerprint density at radius 2 is 1.68 bits per heavy atom. The summed E-state index contributed by atoms with van der Waals surface area (Å²) in [6.45, 7) is 5.02. The third kappa shape index (κ3) is 6.98. The van der Waals surface area contributed by atoms with Crippen LogP contribution in [0.2, 0.25) is 0 Å². The molecule has 0 atom stereocenters. The van der Waals surface area contributed by atoms with Crippen molar-refractivity contribution in [2.24, 2.45) is 4.99 Å². The molecular formula is C26H25F3N4O3S. The SMILES string of the molecule is C=CN=C(Sc1cccc(NC(=O)Nc2ccc(C)c(C(F)(F)F)c2)c1)c1cc(OC)c(OC)cc1N. The molecule has 3 rings (SSSR count). The van der Waals surface area contributed by atoms with Crippen LogP contribution in [0.4, 0.5) is 35.0 Å². The summed E-state index contributed by atoms with van der Waals surface area (Å²) in [5.74, 6) is 0.945. The summed E-state index contributed by atoms with van der Waals surface area (Å²) in [5, 5.41) is 5.58. The Balaban J connectivity index is 1.79. The zero-order chi connectivity index (χ0) is 27.2. The van der Waals surface area contributed by atoms with Gasteiger partial charge in [-0.1, -0.05) is 30.5 Å². The average Bonchev–Trinajstić information content (AvgIpc) is 2.84. The second-order valence-corrected chi connectivity index (χ2v) is 8.71. The van der Waals surface area contributed by atoms with Gasteiger partial charge >= 0.3 is 12.2 Å². The number of ether oxygens (including phenoxy) is 2. The summed E-state index contributed by atoms with van der Waals surface area (Å²) >= 11 is 1.27. The zero-order valence-electron chi connectivity index (χ0n) is 20.3. The van der Waals surface area contributed by atoms with Crippen LogP contribution in [0.3, 0.4) is 0 Å². The standard InChI is InChI=1S/C26H25F3N4O3S/c1-5-31-24(19-13-22(35-3)23(36-4)14-21(19)30)37-18-8-6-7-16(11-18)32-25(34)33-17-10-9-15(2)20(12-17)26(27,28)29/h5-14H,1,30H2,2-4H3,(H2,32,33,34). The van der Waals surface area contributed by atoms with Crippen LogP contribution in [0, 0.1) is 6.92 Å². The molecule has 3 aromatic carbocycles. The number of alkyl halides is 3. The molecule has 0 saturated carbocycles. The fourth-order valence-corrected chi connectivity index (χ4v) is 4.33. The van der Waals surface area contributed by atoms with E-state index in [2.05, 4.69) is 22.2 Å². The van der Waals surface area contributed by atoms with Crippen LogP contribution < -0.4 is 25.8 Å². The van der Waals surface area contributed by atoms with Gasteiger partial charge in [-0.25, -0.2) is 9.79 Å². The number of thioether (sulfide) groups is 1. The maximum atomic E-state index is 13.2. The third-order valence-corrected chi connectivity index (χ3v) is 6.11. The van der Waals surface area contributed by atoms with Crippen LogP contribution in [0.25, 0.3) is 0 Å². The van der Waals surface area contributed by atoms with Gasteiger partial charge in [-0.15, -0.1) is 0 Å². The largest absolute Gasteiger partial charge is 0.493 e. The van der Waals surface area contributed by atoms with Crippen molar-refractivity contribution in [3.8, 4) is 11.5 Å². The summed E-state index contributed by atoms with van der Waals surface area (Å²) in [6, 6.07) is 13.1. The summed E-state index contributed by atoms with van der Waals surface area (Å²) in [7, 11) is 3.02. The molecule has 0 aliphatic heterocycles. The fourth-order valence-electron chi connectivity index (χ4n) is 3.36. The highest BCUT2D eigenvalue weighted by Crippen LogP contribution is 2.36. The van der Waals surface area contributed by atoms with E-state index in [1.807, 2.05) is 0 Å². The van der Waals surface area contributed by atoms with E-state index in [9.17, 15) is 18.0 Å². The van der Waals surface area contributed by atoms with Crippen LogP contribution in [-0.4, -0.2) is 25.3 Å². The maximum absolute atomic E-state index is 13.2. The van der Waals surface area contributed by atoms with E-state index < -0.39 is 17.8 Å². The van der Waals surface area contributed by atoms with Crippen molar-refractivity contribution in [2.75, 3.05) is 30.6 Å². The summed E-state index contributed by atoms with van der Waals surface area (Å²) in [6.07, 6.45) is -3.14. The topological polar surface area (TPSA) is 98.0 Å². The van der Waals surface area contributed by atoms with E-state index >= 15 is 0 Å². The molecule has 194 valence electrons. The molecule has 0 unspecified atom stereocenters. The molecular weight excluding hydrogens is 505 g/mol. The Morgan fingerprint density at radius 3 is 2.30 bits per heavy atom. The second-order valence-electron chi connectivity index (χ2n) is 7.65. The number of urea groups is 1. The van der Waals surface area contributed by atoms with E-state index in [0.717, 1.165) is 6.07 Å². The number of methoxy groups -OCH3 is 2. The first kappa shape index (κ1) is 27.5. The number of amides is 2. The molecule has 0 radical (unpaired) electrons. The number of aryl methyl sites for hydroxylation is 1. The molecule has 0 aliphatic rings. The smallest absolute Gasteiger partial charge is 0.416 e. The number of hydrogen-bond donors (Lipinski definition) is 3.